The van der Waals surface area contributed by atoms with Gasteiger partial charge in [0.1, 0.15) is 6.61 Å². The van der Waals surface area contributed by atoms with Crippen molar-refractivity contribution in [2.45, 2.75) is 0 Å². The fourth-order valence-corrected chi connectivity index (χ4v) is 0.459. The van der Waals surface area contributed by atoms with Crippen LogP contribution >= 0.6 is 22.6 Å². The molecule has 0 amide bonds. The van der Waals surface area contributed by atoms with Gasteiger partial charge >= 0.3 is 12.2 Å². The lowest BCUT2D eigenvalue weighted by molar-refractivity contribution is -0.137. The molecule has 5 heteroatoms. The van der Waals surface area contributed by atoms with Crippen LogP contribution in [-0.4, -0.2) is 23.6 Å². The van der Waals surface area contributed by atoms with E-state index in [0.717, 1.165) is 0 Å². The fraction of sp³-hybridized carbons (Fsp3) is 0.200. The van der Waals surface area contributed by atoms with E-state index in [1.807, 2.05) is 22.6 Å². The molecule has 0 heterocycles. The van der Waals surface area contributed by atoms with Crippen LogP contribution in [0.15, 0.2) is 10.2 Å². The van der Waals surface area contributed by atoms with Gasteiger partial charge in [-0.2, -0.15) is 4.79 Å². The summed E-state index contributed by atoms with van der Waals surface area (Å²) >= 11 is 2.00. The Labute approximate surface area is 71.6 Å². The maximum atomic E-state index is 10.4. The summed E-state index contributed by atoms with van der Waals surface area (Å²) in [7, 11) is 0. The second kappa shape index (κ2) is 6.44. The van der Waals surface area contributed by atoms with Crippen molar-refractivity contribution in [1.29, 1.82) is 0 Å². The van der Waals surface area contributed by atoms with Crippen LogP contribution in [0.1, 0.15) is 0 Å². The van der Waals surface area contributed by atoms with E-state index in [1.54, 1.807) is 10.2 Å². The van der Waals surface area contributed by atoms with E-state index in [9.17, 15) is 4.79 Å². The smallest absolute Gasteiger partial charge is 0.413 e. The Morgan fingerprint density at radius 1 is 1.80 bits per heavy atom. The van der Waals surface area contributed by atoms with Gasteiger partial charge in [-0.1, -0.05) is 22.6 Å². The van der Waals surface area contributed by atoms with Crippen molar-refractivity contribution in [3.05, 3.63) is 15.7 Å². The number of hydrogen-bond donors (Lipinski definition) is 0. The molecular formula is C5H5IN2O2. The van der Waals surface area contributed by atoms with Gasteiger partial charge in [0.2, 0.25) is 0 Å². The van der Waals surface area contributed by atoms with Crippen LogP contribution < -0.4 is 0 Å². The summed E-state index contributed by atoms with van der Waals surface area (Å²) in [6, 6.07) is 0. The minimum atomic E-state index is -0.656. The molecule has 54 valence electrons. The lowest BCUT2D eigenvalue weighted by Gasteiger charge is -1.89. The summed E-state index contributed by atoms with van der Waals surface area (Å²) in [6.07, 6.45) is 2.35. The monoisotopic (exact) mass is 252 g/mol. The molecule has 4 nitrogen and oxygen atoms in total. The third kappa shape index (κ3) is 5.46. The van der Waals surface area contributed by atoms with Crippen LogP contribution in [0.3, 0.4) is 0 Å². The van der Waals surface area contributed by atoms with Crippen molar-refractivity contribution in [1.82, 2.24) is 0 Å². The molecule has 0 saturated heterocycles. The van der Waals surface area contributed by atoms with Gasteiger partial charge in [0, 0.05) is 0 Å². The van der Waals surface area contributed by atoms with Gasteiger partial charge in [-0.05, 0) is 10.2 Å². The SMILES string of the molecule is [N-]=[N+]=CC(=O)OC/C=C\I. The Morgan fingerprint density at radius 2 is 2.50 bits per heavy atom. The molecule has 0 radical (unpaired) electrons. The fourth-order valence-electron chi connectivity index (χ4n) is 0.251. The predicted octanol–water partition coefficient (Wildman–Crippen LogP) is 0.779. The Morgan fingerprint density at radius 3 is 3.00 bits per heavy atom. The second-order valence-corrected chi connectivity index (χ2v) is 1.96. The molecule has 0 unspecified atom stereocenters. The number of halogens is 1. The molecule has 0 aromatic carbocycles. The first kappa shape index (κ1) is 9.32. The molecule has 0 fully saturated rings. The first-order valence-electron chi connectivity index (χ1n) is 2.40. The minimum absolute atomic E-state index is 0.202. The van der Waals surface area contributed by atoms with Crippen LogP contribution in [-0.2, 0) is 9.53 Å². The summed E-state index contributed by atoms with van der Waals surface area (Å²) in [4.78, 5) is 12.8. The first-order chi connectivity index (χ1) is 4.81. The third-order valence-electron chi connectivity index (χ3n) is 0.574. The lowest BCUT2D eigenvalue weighted by atomic mass is 10.7. The Kier molecular flexibility index (Phi) is 6.00. The lowest BCUT2D eigenvalue weighted by Crippen LogP contribution is -2.05. The van der Waals surface area contributed by atoms with E-state index in [0.29, 0.717) is 6.21 Å². The van der Waals surface area contributed by atoms with Crippen LogP contribution in [0.25, 0.3) is 5.53 Å². The Hall–Kier alpha value is -0.680. The van der Waals surface area contributed by atoms with E-state index in [2.05, 4.69) is 9.53 Å². The van der Waals surface area contributed by atoms with Crippen molar-refractivity contribution in [3.63, 3.8) is 0 Å². The summed E-state index contributed by atoms with van der Waals surface area (Å²) < 4.78 is 6.21. The molecule has 0 aliphatic heterocycles. The Bertz CT molecular complexity index is 184. The highest BCUT2D eigenvalue weighted by molar-refractivity contribution is 14.1. The molecular weight excluding hydrogens is 247 g/mol. The maximum absolute atomic E-state index is 10.4. The molecule has 0 N–H and O–H groups in total. The van der Waals surface area contributed by atoms with E-state index < -0.39 is 5.97 Å². The van der Waals surface area contributed by atoms with E-state index in [4.69, 9.17) is 5.53 Å². The first-order valence-corrected chi connectivity index (χ1v) is 3.65. The van der Waals surface area contributed by atoms with Crippen LogP contribution in [0.4, 0.5) is 0 Å². The van der Waals surface area contributed by atoms with Gasteiger partial charge < -0.3 is 10.3 Å². The number of esters is 1. The van der Waals surface area contributed by atoms with Crippen molar-refractivity contribution >= 4 is 34.8 Å². The standard InChI is InChI=1S/C5H5IN2O2/c6-2-1-3-10-5(9)4-8-7/h1-2,4H,3H2/b2-1-. The number of carbonyl (C=O) groups excluding carboxylic acids is 1. The highest BCUT2D eigenvalue weighted by atomic mass is 127. The molecule has 10 heavy (non-hydrogen) atoms. The largest absolute Gasteiger partial charge is 0.453 e. The number of nitrogens with zero attached hydrogens (tertiary/aromatic N) is 2. The zero-order valence-electron chi connectivity index (χ0n) is 5.03. The number of rotatable bonds is 3. The molecule has 0 aromatic rings. The van der Waals surface area contributed by atoms with Crippen molar-refractivity contribution in [2.24, 2.45) is 0 Å². The minimum Gasteiger partial charge on any atom is -0.453 e. The predicted molar refractivity (Wildman–Crippen MR) is 43.8 cm³/mol. The van der Waals surface area contributed by atoms with Crippen LogP contribution in [0.2, 0.25) is 0 Å². The zero-order valence-corrected chi connectivity index (χ0v) is 7.19. The van der Waals surface area contributed by atoms with Gasteiger partial charge in [0.15, 0.2) is 0 Å². The average molecular weight is 252 g/mol. The molecule has 0 rings (SSSR count). The van der Waals surface area contributed by atoms with Crippen molar-refractivity contribution in [3.8, 4) is 0 Å². The summed E-state index contributed by atoms with van der Waals surface area (Å²) in [5.41, 5.74) is 7.84. The van der Waals surface area contributed by atoms with Gasteiger partial charge in [-0.15, -0.1) is 0 Å². The third-order valence-corrected chi connectivity index (χ3v) is 1.08. The highest BCUT2D eigenvalue weighted by Gasteiger charge is 1.98. The van der Waals surface area contributed by atoms with Gasteiger partial charge in [-0.25, -0.2) is 4.79 Å². The van der Waals surface area contributed by atoms with E-state index >= 15 is 0 Å². The van der Waals surface area contributed by atoms with Crippen molar-refractivity contribution < 1.29 is 14.3 Å². The second-order valence-electron chi connectivity index (χ2n) is 1.24. The van der Waals surface area contributed by atoms with Gasteiger partial charge in [0.25, 0.3) is 0 Å². The molecule has 0 spiro atoms. The molecule has 0 atom stereocenters. The average Bonchev–Trinajstić information content (AvgIpc) is 1.89. The van der Waals surface area contributed by atoms with E-state index in [1.165, 1.54) is 0 Å². The van der Waals surface area contributed by atoms with Gasteiger partial charge in [0.05, 0.1) is 0 Å². The molecule has 0 bridgehead atoms. The number of carbonyl (C=O) groups is 1. The number of ether oxygens (including phenoxy) is 1. The molecule has 0 aromatic heterocycles. The quantitative estimate of drug-likeness (QED) is 0.245. The highest BCUT2D eigenvalue weighted by Crippen LogP contribution is 1.84. The maximum Gasteiger partial charge on any atom is 0.413 e. The molecule has 0 aliphatic carbocycles. The summed E-state index contributed by atoms with van der Waals surface area (Å²) in [6.45, 7) is 0.202. The molecule has 0 aliphatic rings. The topological polar surface area (TPSA) is 62.7 Å². The van der Waals surface area contributed by atoms with E-state index in [-0.39, 0.29) is 6.61 Å². The molecule has 0 saturated carbocycles. The number of hydrogen-bond acceptors (Lipinski definition) is 2. The van der Waals surface area contributed by atoms with Crippen molar-refractivity contribution in [2.75, 3.05) is 6.61 Å². The van der Waals surface area contributed by atoms with Gasteiger partial charge in [-0.3, -0.25) is 0 Å². The van der Waals surface area contributed by atoms with Crippen LogP contribution in [0, 0.1) is 0 Å². The summed E-state index contributed by atoms with van der Waals surface area (Å²) in [5.74, 6) is -0.656. The normalized spacial score (nSPS) is 8.90. The Balaban J connectivity index is 3.49. The summed E-state index contributed by atoms with van der Waals surface area (Å²) in [5, 5.41) is 0. The zero-order chi connectivity index (χ0) is 7.82. The van der Waals surface area contributed by atoms with Crippen LogP contribution in [0.5, 0.6) is 0 Å².